The number of nitriles is 1. The monoisotopic (exact) mass is 263 g/mol. The molecule has 0 aromatic heterocycles. The molecule has 2 unspecified atom stereocenters. The Morgan fingerprint density at radius 1 is 1.37 bits per heavy atom. The van der Waals surface area contributed by atoms with E-state index in [4.69, 9.17) is 4.74 Å². The van der Waals surface area contributed by atoms with Gasteiger partial charge in [-0.3, -0.25) is 10.2 Å². The van der Waals surface area contributed by atoms with Crippen LogP contribution < -0.4 is 5.32 Å². The molecule has 1 aliphatic heterocycles. The lowest BCUT2D eigenvalue weighted by molar-refractivity contribution is -0.0187. The maximum atomic E-state index is 9.78. The van der Waals surface area contributed by atoms with Crippen molar-refractivity contribution in [2.75, 3.05) is 26.3 Å². The van der Waals surface area contributed by atoms with Crippen molar-refractivity contribution in [1.82, 2.24) is 10.2 Å². The summed E-state index contributed by atoms with van der Waals surface area (Å²) in [4.78, 5) is 2.49. The van der Waals surface area contributed by atoms with Crippen LogP contribution in [0.5, 0.6) is 0 Å². The smallest absolute Gasteiger partial charge is 0.122 e. The standard InChI is InChI=1S/C15H25N3O/c1-2-14-9-19-8-7-18(14)11-15(10-16,12-3-4-12)17-13-5-6-13/h12-14,17H,2-9,11H2,1H3. The summed E-state index contributed by atoms with van der Waals surface area (Å²) in [5.41, 5.74) is -0.300. The van der Waals surface area contributed by atoms with Crippen LogP contribution in [0.4, 0.5) is 0 Å². The summed E-state index contributed by atoms with van der Waals surface area (Å²) >= 11 is 0. The summed E-state index contributed by atoms with van der Waals surface area (Å²) in [6, 6.07) is 3.73. The highest BCUT2D eigenvalue weighted by Gasteiger charge is 2.49. The molecule has 1 heterocycles. The third-order valence-corrected chi connectivity index (χ3v) is 4.79. The zero-order valence-electron chi connectivity index (χ0n) is 11.9. The molecule has 2 atom stereocenters. The Balaban J connectivity index is 1.70. The number of nitrogens with zero attached hydrogens (tertiary/aromatic N) is 2. The Labute approximate surface area is 116 Å². The molecule has 3 aliphatic rings. The summed E-state index contributed by atoms with van der Waals surface area (Å²) < 4.78 is 5.58. The second-order valence-electron chi connectivity index (χ2n) is 6.38. The fourth-order valence-electron chi connectivity index (χ4n) is 3.21. The number of morpholine rings is 1. The van der Waals surface area contributed by atoms with Gasteiger partial charge in [0.15, 0.2) is 0 Å². The number of hydrogen-bond acceptors (Lipinski definition) is 4. The molecule has 2 saturated carbocycles. The fourth-order valence-corrected chi connectivity index (χ4v) is 3.21. The largest absolute Gasteiger partial charge is 0.378 e. The second kappa shape index (κ2) is 5.40. The Morgan fingerprint density at radius 2 is 2.16 bits per heavy atom. The van der Waals surface area contributed by atoms with Gasteiger partial charge in [0.1, 0.15) is 5.54 Å². The van der Waals surface area contributed by atoms with Crippen LogP contribution in [0.2, 0.25) is 0 Å². The van der Waals surface area contributed by atoms with E-state index in [2.05, 4.69) is 23.2 Å². The molecule has 0 bridgehead atoms. The Hall–Kier alpha value is -0.630. The SMILES string of the molecule is CCC1COCCN1CC(C#N)(NC1CC1)C1CC1. The third-order valence-electron chi connectivity index (χ3n) is 4.79. The molecule has 19 heavy (non-hydrogen) atoms. The van der Waals surface area contributed by atoms with Crippen molar-refractivity contribution in [1.29, 1.82) is 5.26 Å². The molecule has 4 nitrogen and oxygen atoms in total. The second-order valence-corrected chi connectivity index (χ2v) is 6.38. The van der Waals surface area contributed by atoms with E-state index >= 15 is 0 Å². The summed E-state index contributed by atoms with van der Waals surface area (Å²) in [6.07, 6.45) is 6.03. The minimum absolute atomic E-state index is 0.300. The van der Waals surface area contributed by atoms with Crippen LogP contribution in [0.3, 0.4) is 0 Å². The number of hydrogen-bond donors (Lipinski definition) is 1. The minimum Gasteiger partial charge on any atom is -0.378 e. The first-order valence-corrected chi connectivity index (χ1v) is 7.78. The van der Waals surface area contributed by atoms with E-state index in [0.717, 1.165) is 32.7 Å². The van der Waals surface area contributed by atoms with Gasteiger partial charge in [-0.2, -0.15) is 5.26 Å². The lowest BCUT2D eigenvalue weighted by Gasteiger charge is -2.41. The van der Waals surface area contributed by atoms with Crippen LogP contribution in [-0.4, -0.2) is 48.8 Å². The molecule has 3 rings (SSSR count). The van der Waals surface area contributed by atoms with Gasteiger partial charge >= 0.3 is 0 Å². The molecule has 0 amide bonds. The van der Waals surface area contributed by atoms with Crippen molar-refractivity contribution in [3.63, 3.8) is 0 Å². The van der Waals surface area contributed by atoms with Crippen molar-refractivity contribution in [3.8, 4) is 6.07 Å². The molecule has 1 saturated heterocycles. The maximum absolute atomic E-state index is 9.78. The molecule has 0 aromatic carbocycles. The van der Waals surface area contributed by atoms with Gasteiger partial charge in [0, 0.05) is 25.2 Å². The molecular weight excluding hydrogens is 238 g/mol. The quantitative estimate of drug-likeness (QED) is 0.789. The topological polar surface area (TPSA) is 48.3 Å². The fraction of sp³-hybridized carbons (Fsp3) is 0.933. The van der Waals surface area contributed by atoms with Crippen molar-refractivity contribution in [2.45, 2.75) is 56.7 Å². The van der Waals surface area contributed by atoms with E-state index in [0.29, 0.717) is 18.0 Å². The average molecular weight is 263 g/mol. The summed E-state index contributed by atoms with van der Waals surface area (Å²) in [6.45, 7) is 5.71. The molecule has 4 heteroatoms. The molecule has 106 valence electrons. The Bertz CT molecular complexity index is 359. The molecule has 1 N–H and O–H groups in total. The van der Waals surface area contributed by atoms with Crippen molar-refractivity contribution >= 4 is 0 Å². The summed E-state index contributed by atoms with van der Waals surface area (Å²) in [5, 5.41) is 13.4. The molecule has 2 aliphatic carbocycles. The van der Waals surface area contributed by atoms with E-state index in [-0.39, 0.29) is 5.54 Å². The van der Waals surface area contributed by atoms with Gasteiger partial charge in [-0.05, 0) is 38.0 Å². The third kappa shape index (κ3) is 2.94. The van der Waals surface area contributed by atoms with Crippen LogP contribution in [0.15, 0.2) is 0 Å². The summed E-state index contributed by atoms with van der Waals surface area (Å²) in [5.74, 6) is 0.568. The van der Waals surface area contributed by atoms with Gasteiger partial charge in [0.25, 0.3) is 0 Å². The molecule has 0 aromatic rings. The highest BCUT2D eigenvalue weighted by atomic mass is 16.5. The van der Waals surface area contributed by atoms with E-state index < -0.39 is 0 Å². The van der Waals surface area contributed by atoms with Gasteiger partial charge in [-0.25, -0.2) is 0 Å². The van der Waals surface area contributed by atoms with Crippen LogP contribution in [-0.2, 0) is 4.74 Å². The van der Waals surface area contributed by atoms with Crippen LogP contribution in [0.1, 0.15) is 39.0 Å². The van der Waals surface area contributed by atoms with Gasteiger partial charge in [0.05, 0.1) is 19.3 Å². The molecule has 0 spiro atoms. The van der Waals surface area contributed by atoms with Gasteiger partial charge in [0.2, 0.25) is 0 Å². The number of rotatable bonds is 6. The van der Waals surface area contributed by atoms with Crippen LogP contribution in [0, 0.1) is 17.2 Å². The zero-order valence-corrected chi connectivity index (χ0v) is 11.9. The van der Waals surface area contributed by atoms with Crippen molar-refractivity contribution in [3.05, 3.63) is 0 Å². The first-order valence-electron chi connectivity index (χ1n) is 7.78. The van der Waals surface area contributed by atoms with E-state index in [1.807, 2.05) is 0 Å². The minimum atomic E-state index is -0.300. The zero-order chi connectivity index (χ0) is 13.3. The maximum Gasteiger partial charge on any atom is 0.122 e. The summed E-state index contributed by atoms with van der Waals surface area (Å²) in [7, 11) is 0. The van der Waals surface area contributed by atoms with E-state index in [1.54, 1.807) is 0 Å². The predicted octanol–water partition coefficient (Wildman–Crippen LogP) is 1.52. The highest BCUT2D eigenvalue weighted by molar-refractivity contribution is 5.19. The lowest BCUT2D eigenvalue weighted by atomic mass is 9.92. The Morgan fingerprint density at radius 3 is 2.74 bits per heavy atom. The Kier molecular flexibility index (Phi) is 3.79. The van der Waals surface area contributed by atoms with Crippen molar-refractivity contribution < 1.29 is 4.74 Å². The lowest BCUT2D eigenvalue weighted by Crippen LogP contribution is -2.59. The molecule has 0 radical (unpaired) electrons. The first kappa shape index (κ1) is 13.4. The first-order chi connectivity index (χ1) is 9.27. The molecular formula is C15H25N3O. The number of ether oxygens (including phenoxy) is 1. The molecule has 3 fully saturated rings. The van der Waals surface area contributed by atoms with E-state index in [9.17, 15) is 5.26 Å². The normalized spacial score (nSPS) is 31.7. The van der Waals surface area contributed by atoms with Gasteiger partial charge in [-0.1, -0.05) is 6.92 Å². The van der Waals surface area contributed by atoms with Crippen LogP contribution >= 0.6 is 0 Å². The average Bonchev–Trinajstić information content (AvgIpc) is 3.30. The predicted molar refractivity (Wildman–Crippen MR) is 73.7 cm³/mol. The van der Waals surface area contributed by atoms with Gasteiger partial charge in [-0.15, -0.1) is 0 Å². The van der Waals surface area contributed by atoms with E-state index in [1.165, 1.54) is 25.7 Å². The highest BCUT2D eigenvalue weighted by Crippen LogP contribution is 2.42. The number of nitrogens with one attached hydrogen (secondary N) is 1. The van der Waals surface area contributed by atoms with Gasteiger partial charge < -0.3 is 4.74 Å². The van der Waals surface area contributed by atoms with Crippen LogP contribution in [0.25, 0.3) is 0 Å². The van der Waals surface area contributed by atoms with Crippen molar-refractivity contribution in [2.24, 2.45) is 5.92 Å².